The molecule has 1 saturated carbocycles. The van der Waals surface area contributed by atoms with Crippen molar-refractivity contribution in [3.63, 3.8) is 0 Å². The average molecular weight is 438 g/mol. The van der Waals surface area contributed by atoms with E-state index in [2.05, 4.69) is 22.0 Å². The predicted molar refractivity (Wildman–Crippen MR) is 111 cm³/mol. The third kappa shape index (κ3) is 5.54. The number of hydrogen-bond donors (Lipinski definition) is 2. The second-order valence-corrected chi connectivity index (χ2v) is 9.12. The number of carbonyl (C=O) groups excluding carboxylic acids is 1. The van der Waals surface area contributed by atoms with Crippen LogP contribution in [0.15, 0.2) is 47.4 Å². The van der Waals surface area contributed by atoms with Crippen LogP contribution in [0.1, 0.15) is 36.0 Å². The third-order valence-electron chi connectivity index (χ3n) is 5.30. The van der Waals surface area contributed by atoms with Gasteiger partial charge in [0.2, 0.25) is 0 Å². The Morgan fingerprint density at radius 2 is 1.73 bits per heavy atom. The highest BCUT2D eigenvalue weighted by Crippen LogP contribution is 2.22. The molecule has 0 atom stereocenters. The van der Waals surface area contributed by atoms with Crippen molar-refractivity contribution in [3.8, 4) is 0 Å². The molecule has 0 heterocycles. The molecule has 0 spiro atoms. The first kappa shape index (κ1) is 22.2. The van der Waals surface area contributed by atoms with E-state index in [1.807, 2.05) is 0 Å². The average Bonchev–Trinajstić information content (AvgIpc) is 3.25. The summed E-state index contributed by atoms with van der Waals surface area (Å²) in [6.45, 7) is 1.29. The quantitative estimate of drug-likeness (QED) is 0.664. The van der Waals surface area contributed by atoms with Gasteiger partial charge in [-0.05, 0) is 62.4 Å². The number of nitrogens with one attached hydrogen (secondary N) is 2. The lowest BCUT2D eigenvalue weighted by atomic mass is 10.2. The van der Waals surface area contributed by atoms with Crippen molar-refractivity contribution < 1.29 is 22.0 Å². The molecule has 2 aromatic rings. The predicted octanol–water partition coefficient (Wildman–Crippen LogP) is 3.37. The Balaban J connectivity index is 1.54. The van der Waals surface area contributed by atoms with Crippen LogP contribution < -0.4 is 10.0 Å². The van der Waals surface area contributed by atoms with Gasteiger partial charge in [-0.1, -0.05) is 12.8 Å². The summed E-state index contributed by atoms with van der Waals surface area (Å²) in [6, 6.07) is 8.81. The minimum absolute atomic E-state index is 0.206. The molecule has 1 fully saturated rings. The molecule has 0 radical (unpaired) electrons. The Hall–Kier alpha value is -2.52. The number of carbonyl (C=O) groups is 1. The zero-order chi connectivity index (χ0) is 21.7. The summed E-state index contributed by atoms with van der Waals surface area (Å²) in [7, 11) is -2.01. The van der Waals surface area contributed by atoms with Gasteiger partial charge in [0.1, 0.15) is 0 Å². The van der Waals surface area contributed by atoms with E-state index in [0.717, 1.165) is 18.7 Å². The molecule has 6 nitrogen and oxygen atoms in total. The van der Waals surface area contributed by atoms with Gasteiger partial charge in [0, 0.05) is 30.4 Å². The molecule has 0 unspecified atom stereocenters. The van der Waals surface area contributed by atoms with Crippen molar-refractivity contribution >= 4 is 21.6 Å². The van der Waals surface area contributed by atoms with Gasteiger partial charge in [-0.3, -0.25) is 9.52 Å². The van der Waals surface area contributed by atoms with Gasteiger partial charge >= 0.3 is 0 Å². The van der Waals surface area contributed by atoms with E-state index in [-0.39, 0.29) is 11.6 Å². The number of nitrogens with zero attached hydrogens (tertiary/aromatic N) is 1. The molecule has 30 heavy (non-hydrogen) atoms. The van der Waals surface area contributed by atoms with Gasteiger partial charge in [-0.15, -0.1) is 0 Å². The SMILES string of the molecule is CN(CCNC(=O)c1ccc(NS(=O)(=O)c2ccc(F)c(F)c2)cc1)C1CCCC1. The lowest BCUT2D eigenvalue weighted by molar-refractivity contribution is 0.0947. The monoisotopic (exact) mass is 437 g/mol. The number of benzene rings is 2. The van der Waals surface area contributed by atoms with Crippen LogP contribution in [0.3, 0.4) is 0 Å². The fraction of sp³-hybridized carbons (Fsp3) is 0.381. The van der Waals surface area contributed by atoms with Crippen LogP contribution in [0.4, 0.5) is 14.5 Å². The summed E-state index contributed by atoms with van der Waals surface area (Å²) < 4.78 is 53.2. The molecule has 3 rings (SSSR count). The number of likely N-dealkylation sites (N-methyl/N-ethyl adjacent to an activating group) is 1. The Bertz CT molecular complexity index is 991. The van der Waals surface area contributed by atoms with E-state index >= 15 is 0 Å². The van der Waals surface area contributed by atoms with Gasteiger partial charge in [-0.25, -0.2) is 17.2 Å². The Morgan fingerprint density at radius 3 is 2.37 bits per heavy atom. The lowest BCUT2D eigenvalue weighted by Gasteiger charge is -2.23. The molecule has 0 saturated heterocycles. The molecule has 0 aliphatic heterocycles. The number of rotatable bonds is 8. The summed E-state index contributed by atoms with van der Waals surface area (Å²) >= 11 is 0. The van der Waals surface area contributed by atoms with Crippen LogP contribution in [0.5, 0.6) is 0 Å². The van der Waals surface area contributed by atoms with E-state index in [9.17, 15) is 22.0 Å². The van der Waals surface area contributed by atoms with Crippen LogP contribution >= 0.6 is 0 Å². The molecule has 2 N–H and O–H groups in total. The molecule has 0 aromatic heterocycles. The van der Waals surface area contributed by atoms with E-state index in [1.54, 1.807) is 0 Å². The number of hydrogen-bond acceptors (Lipinski definition) is 4. The van der Waals surface area contributed by atoms with Crippen molar-refractivity contribution in [1.29, 1.82) is 0 Å². The highest BCUT2D eigenvalue weighted by atomic mass is 32.2. The lowest BCUT2D eigenvalue weighted by Crippen LogP contribution is -2.37. The molecule has 9 heteroatoms. The maximum atomic E-state index is 13.3. The summed E-state index contributed by atoms with van der Waals surface area (Å²) in [6.07, 6.45) is 4.92. The largest absolute Gasteiger partial charge is 0.351 e. The second kappa shape index (κ2) is 9.53. The molecular formula is C21H25F2N3O3S. The first-order chi connectivity index (χ1) is 14.3. The number of amides is 1. The number of halogens is 2. The van der Waals surface area contributed by atoms with Crippen LogP contribution in [-0.2, 0) is 10.0 Å². The van der Waals surface area contributed by atoms with Crippen LogP contribution in [0, 0.1) is 11.6 Å². The highest BCUT2D eigenvalue weighted by Gasteiger charge is 2.19. The summed E-state index contributed by atoms with van der Waals surface area (Å²) in [5.74, 6) is -2.62. The molecule has 0 bridgehead atoms. The molecule has 1 aliphatic rings. The van der Waals surface area contributed by atoms with E-state index in [4.69, 9.17) is 0 Å². The fourth-order valence-electron chi connectivity index (χ4n) is 3.52. The summed E-state index contributed by atoms with van der Waals surface area (Å²) in [5.41, 5.74) is 0.603. The Kier molecular flexibility index (Phi) is 7.04. The van der Waals surface area contributed by atoms with E-state index in [0.29, 0.717) is 24.2 Å². The van der Waals surface area contributed by atoms with Gasteiger partial charge < -0.3 is 10.2 Å². The Morgan fingerprint density at radius 1 is 1.07 bits per heavy atom. The van der Waals surface area contributed by atoms with Crippen molar-refractivity contribution in [2.45, 2.75) is 36.6 Å². The molecule has 2 aromatic carbocycles. The van der Waals surface area contributed by atoms with E-state index in [1.165, 1.54) is 49.9 Å². The fourth-order valence-corrected chi connectivity index (χ4v) is 4.59. The van der Waals surface area contributed by atoms with Gasteiger partial charge in [0.05, 0.1) is 4.90 Å². The molecular weight excluding hydrogens is 412 g/mol. The zero-order valence-electron chi connectivity index (χ0n) is 16.7. The van der Waals surface area contributed by atoms with Crippen LogP contribution in [0.2, 0.25) is 0 Å². The number of sulfonamides is 1. The van der Waals surface area contributed by atoms with Crippen LogP contribution in [-0.4, -0.2) is 45.4 Å². The van der Waals surface area contributed by atoms with Crippen molar-refractivity contribution in [3.05, 3.63) is 59.7 Å². The Labute approximate surface area is 175 Å². The molecule has 1 amide bonds. The van der Waals surface area contributed by atoms with Crippen molar-refractivity contribution in [1.82, 2.24) is 10.2 Å². The maximum Gasteiger partial charge on any atom is 0.261 e. The van der Waals surface area contributed by atoms with Gasteiger partial charge in [0.15, 0.2) is 11.6 Å². The normalized spacial score (nSPS) is 14.8. The van der Waals surface area contributed by atoms with Crippen LogP contribution in [0.25, 0.3) is 0 Å². The minimum atomic E-state index is -4.08. The zero-order valence-corrected chi connectivity index (χ0v) is 17.5. The van der Waals surface area contributed by atoms with Gasteiger partial charge in [-0.2, -0.15) is 0 Å². The van der Waals surface area contributed by atoms with Gasteiger partial charge in [0.25, 0.3) is 15.9 Å². The first-order valence-corrected chi connectivity index (χ1v) is 11.3. The third-order valence-corrected chi connectivity index (χ3v) is 6.68. The summed E-state index contributed by atoms with van der Waals surface area (Å²) in [5, 5.41) is 2.86. The molecule has 162 valence electrons. The topological polar surface area (TPSA) is 78.5 Å². The smallest absolute Gasteiger partial charge is 0.261 e. The summed E-state index contributed by atoms with van der Waals surface area (Å²) in [4.78, 5) is 14.2. The molecule has 1 aliphatic carbocycles. The highest BCUT2D eigenvalue weighted by molar-refractivity contribution is 7.92. The van der Waals surface area contributed by atoms with E-state index < -0.39 is 26.6 Å². The second-order valence-electron chi connectivity index (χ2n) is 7.43. The first-order valence-electron chi connectivity index (χ1n) is 9.82. The maximum absolute atomic E-state index is 13.3. The van der Waals surface area contributed by atoms with Crippen molar-refractivity contribution in [2.75, 3.05) is 24.9 Å². The standard InChI is InChI=1S/C21H25F2N3O3S/c1-26(17-4-2-3-5-17)13-12-24-21(27)15-6-8-16(9-7-15)25-30(28,29)18-10-11-19(22)20(23)14-18/h6-11,14,17,25H,2-5,12-13H2,1H3,(H,24,27). The minimum Gasteiger partial charge on any atom is -0.351 e. The van der Waals surface area contributed by atoms with Crippen molar-refractivity contribution in [2.24, 2.45) is 0 Å². The number of anilines is 1.